The number of rotatable bonds is 5. The van der Waals surface area contributed by atoms with E-state index in [1.54, 1.807) is 14.2 Å². The molecule has 0 aliphatic heterocycles. The lowest BCUT2D eigenvalue weighted by Crippen LogP contribution is -1.87. The van der Waals surface area contributed by atoms with Crippen molar-refractivity contribution in [3.8, 4) is 5.75 Å². The van der Waals surface area contributed by atoms with Gasteiger partial charge < -0.3 is 9.47 Å². The molecule has 0 atom stereocenters. The summed E-state index contributed by atoms with van der Waals surface area (Å²) in [5.74, 6) is 1.78. The molecule has 2 nitrogen and oxygen atoms in total. The quantitative estimate of drug-likeness (QED) is 0.563. The van der Waals surface area contributed by atoms with Gasteiger partial charge in [-0.3, -0.25) is 0 Å². The Bertz CT molecular complexity index is 399. The second-order valence-electron chi connectivity index (χ2n) is 3.76. The third kappa shape index (κ3) is 3.99. The highest BCUT2D eigenvalue weighted by atomic mass is 16.5. The molecule has 0 saturated carbocycles. The van der Waals surface area contributed by atoms with Gasteiger partial charge in [0, 0.05) is 0 Å². The largest absolute Gasteiger partial charge is 0.501 e. The van der Waals surface area contributed by atoms with Crippen LogP contribution in [0.2, 0.25) is 0 Å². The second kappa shape index (κ2) is 6.79. The fourth-order valence-electron chi connectivity index (χ4n) is 1.54. The van der Waals surface area contributed by atoms with Gasteiger partial charge in [0.05, 0.1) is 20.0 Å². The van der Waals surface area contributed by atoms with Crippen LogP contribution in [-0.2, 0) is 4.74 Å². The van der Waals surface area contributed by atoms with E-state index >= 15 is 0 Å². The molecule has 0 aromatic heterocycles. The van der Waals surface area contributed by atoms with Gasteiger partial charge in [-0.15, -0.1) is 0 Å². The molecule has 92 valence electrons. The van der Waals surface area contributed by atoms with Crippen molar-refractivity contribution < 1.29 is 9.47 Å². The standard InChI is InChI=1S/C15H20O2/c1-5-6-14(11-12(2)16-3)13-7-9-15(17-4)10-8-13/h6-11H,5H2,1-4H3/b12-11-,14-6+. The summed E-state index contributed by atoms with van der Waals surface area (Å²) >= 11 is 0. The third-order valence-electron chi connectivity index (χ3n) is 2.53. The number of hydrogen-bond acceptors (Lipinski definition) is 2. The van der Waals surface area contributed by atoms with Crippen LogP contribution >= 0.6 is 0 Å². The van der Waals surface area contributed by atoms with Crippen molar-refractivity contribution in [2.75, 3.05) is 14.2 Å². The smallest absolute Gasteiger partial charge is 0.118 e. The summed E-state index contributed by atoms with van der Waals surface area (Å²) in [6, 6.07) is 8.04. The van der Waals surface area contributed by atoms with Crippen molar-refractivity contribution >= 4 is 5.57 Å². The first-order chi connectivity index (χ1) is 8.21. The Hall–Kier alpha value is -1.70. The van der Waals surface area contributed by atoms with Crippen LogP contribution < -0.4 is 4.74 Å². The van der Waals surface area contributed by atoms with Crippen molar-refractivity contribution in [2.45, 2.75) is 20.3 Å². The minimum atomic E-state index is 0.872. The number of ether oxygens (including phenoxy) is 2. The molecule has 17 heavy (non-hydrogen) atoms. The summed E-state index contributed by atoms with van der Waals surface area (Å²) in [6.07, 6.45) is 5.23. The predicted molar refractivity (Wildman–Crippen MR) is 72.0 cm³/mol. The van der Waals surface area contributed by atoms with Gasteiger partial charge in [0.25, 0.3) is 0 Å². The van der Waals surface area contributed by atoms with Crippen molar-refractivity contribution in [1.82, 2.24) is 0 Å². The Kier molecular flexibility index (Phi) is 5.34. The molecule has 0 unspecified atom stereocenters. The van der Waals surface area contributed by atoms with Crippen LogP contribution in [0.1, 0.15) is 25.8 Å². The van der Waals surface area contributed by atoms with Crippen LogP contribution in [0.15, 0.2) is 42.2 Å². The van der Waals surface area contributed by atoms with E-state index in [2.05, 4.69) is 25.1 Å². The molecule has 0 N–H and O–H groups in total. The fraction of sp³-hybridized carbons (Fsp3) is 0.333. The van der Waals surface area contributed by atoms with Gasteiger partial charge in [-0.05, 0) is 42.7 Å². The molecule has 0 heterocycles. The normalized spacial score (nSPS) is 12.5. The second-order valence-corrected chi connectivity index (χ2v) is 3.76. The van der Waals surface area contributed by atoms with Crippen molar-refractivity contribution in [3.63, 3.8) is 0 Å². The molecular weight excluding hydrogens is 212 g/mol. The topological polar surface area (TPSA) is 18.5 Å². The lowest BCUT2D eigenvalue weighted by atomic mass is 10.0. The van der Waals surface area contributed by atoms with E-state index in [-0.39, 0.29) is 0 Å². The Morgan fingerprint density at radius 2 is 1.82 bits per heavy atom. The van der Waals surface area contributed by atoms with Crippen molar-refractivity contribution in [2.24, 2.45) is 0 Å². The molecule has 0 spiro atoms. The van der Waals surface area contributed by atoms with Crippen LogP contribution in [-0.4, -0.2) is 14.2 Å². The summed E-state index contributed by atoms with van der Waals surface area (Å²) in [7, 11) is 3.36. The summed E-state index contributed by atoms with van der Waals surface area (Å²) < 4.78 is 10.3. The van der Waals surface area contributed by atoms with Gasteiger partial charge in [0.2, 0.25) is 0 Å². The average Bonchev–Trinajstić information content (AvgIpc) is 2.38. The molecule has 0 amide bonds. The minimum Gasteiger partial charge on any atom is -0.501 e. The van der Waals surface area contributed by atoms with Crippen LogP contribution in [0.4, 0.5) is 0 Å². The summed E-state index contributed by atoms with van der Waals surface area (Å²) in [5, 5.41) is 0. The van der Waals surface area contributed by atoms with E-state index in [1.165, 1.54) is 11.1 Å². The van der Waals surface area contributed by atoms with Crippen LogP contribution in [0.3, 0.4) is 0 Å². The van der Waals surface area contributed by atoms with E-state index in [4.69, 9.17) is 9.47 Å². The van der Waals surface area contributed by atoms with E-state index in [0.717, 1.165) is 17.9 Å². The maximum atomic E-state index is 5.19. The Balaban J connectivity index is 3.02. The maximum Gasteiger partial charge on any atom is 0.118 e. The van der Waals surface area contributed by atoms with E-state index in [0.29, 0.717) is 0 Å². The zero-order valence-corrected chi connectivity index (χ0v) is 11.0. The van der Waals surface area contributed by atoms with E-state index in [9.17, 15) is 0 Å². The van der Waals surface area contributed by atoms with Gasteiger partial charge in [-0.2, -0.15) is 0 Å². The molecule has 1 aromatic carbocycles. The van der Waals surface area contributed by atoms with Crippen molar-refractivity contribution in [3.05, 3.63) is 47.7 Å². The number of methoxy groups -OCH3 is 2. The molecular formula is C15H20O2. The van der Waals surface area contributed by atoms with Gasteiger partial charge in [0.15, 0.2) is 0 Å². The molecule has 0 aliphatic rings. The third-order valence-corrected chi connectivity index (χ3v) is 2.53. The summed E-state index contributed by atoms with van der Waals surface area (Å²) in [5.41, 5.74) is 2.35. The lowest BCUT2D eigenvalue weighted by Gasteiger charge is -2.06. The predicted octanol–water partition coefficient (Wildman–Crippen LogP) is 4.04. The van der Waals surface area contributed by atoms with Gasteiger partial charge in [-0.1, -0.05) is 25.1 Å². The molecule has 0 radical (unpaired) electrons. The zero-order chi connectivity index (χ0) is 12.7. The molecule has 0 aliphatic carbocycles. The summed E-state index contributed by atoms with van der Waals surface area (Å²) in [6.45, 7) is 4.08. The Morgan fingerprint density at radius 3 is 2.29 bits per heavy atom. The van der Waals surface area contributed by atoms with Crippen molar-refractivity contribution in [1.29, 1.82) is 0 Å². The zero-order valence-electron chi connectivity index (χ0n) is 11.0. The highest BCUT2D eigenvalue weighted by molar-refractivity contribution is 5.74. The van der Waals surface area contributed by atoms with Gasteiger partial charge in [-0.25, -0.2) is 0 Å². The van der Waals surface area contributed by atoms with Gasteiger partial charge >= 0.3 is 0 Å². The molecule has 0 bridgehead atoms. The maximum absolute atomic E-state index is 5.19. The lowest BCUT2D eigenvalue weighted by molar-refractivity contribution is 0.294. The number of allylic oxidation sites excluding steroid dienone is 4. The monoisotopic (exact) mass is 232 g/mol. The number of benzene rings is 1. The van der Waals surface area contributed by atoms with Crippen LogP contribution in [0.25, 0.3) is 5.57 Å². The Morgan fingerprint density at radius 1 is 1.18 bits per heavy atom. The first-order valence-electron chi connectivity index (χ1n) is 5.78. The SMILES string of the molecule is CC/C=C(\C=C(\C)OC)c1ccc(OC)cc1. The molecule has 0 saturated heterocycles. The Labute approximate surface area is 104 Å². The number of hydrogen-bond donors (Lipinski definition) is 0. The van der Waals surface area contributed by atoms with Gasteiger partial charge in [0.1, 0.15) is 5.75 Å². The van der Waals surface area contributed by atoms with Crippen LogP contribution in [0, 0.1) is 0 Å². The van der Waals surface area contributed by atoms with E-state index < -0.39 is 0 Å². The first kappa shape index (κ1) is 13.4. The first-order valence-corrected chi connectivity index (χ1v) is 5.78. The molecule has 0 fully saturated rings. The summed E-state index contributed by atoms with van der Waals surface area (Å²) in [4.78, 5) is 0. The molecule has 2 heteroatoms. The van der Waals surface area contributed by atoms with Crippen LogP contribution in [0.5, 0.6) is 5.75 Å². The average molecular weight is 232 g/mol. The molecule has 1 rings (SSSR count). The minimum absolute atomic E-state index is 0.872. The highest BCUT2D eigenvalue weighted by Crippen LogP contribution is 2.21. The van der Waals surface area contributed by atoms with E-state index in [1.807, 2.05) is 25.1 Å². The highest BCUT2D eigenvalue weighted by Gasteiger charge is 2.00. The fourth-order valence-corrected chi connectivity index (χ4v) is 1.54. The molecule has 1 aromatic rings.